The van der Waals surface area contributed by atoms with Crippen LogP contribution in [0.3, 0.4) is 0 Å². The minimum absolute atomic E-state index is 0.149. The van der Waals surface area contributed by atoms with Crippen LogP contribution in [0.4, 0.5) is 0 Å². The number of rotatable bonds is 2. The van der Waals surface area contributed by atoms with Gasteiger partial charge >= 0.3 is 0 Å². The number of hydrogen-bond donors (Lipinski definition) is 1. The lowest BCUT2D eigenvalue weighted by atomic mass is 9.78. The third-order valence-corrected chi connectivity index (χ3v) is 5.12. The van der Waals surface area contributed by atoms with Gasteiger partial charge in [-0.1, -0.05) is 6.92 Å². The first-order valence-corrected chi connectivity index (χ1v) is 8.23. The third-order valence-electron chi connectivity index (χ3n) is 5.12. The Labute approximate surface area is 135 Å². The van der Waals surface area contributed by atoms with Crippen LogP contribution in [0.25, 0.3) is 0 Å². The quantitative estimate of drug-likeness (QED) is 0.885. The van der Waals surface area contributed by atoms with Crippen LogP contribution in [0.1, 0.15) is 42.2 Å². The monoisotopic (exact) mass is 317 g/mol. The van der Waals surface area contributed by atoms with Gasteiger partial charge in [0, 0.05) is 44.0 Å². The summed E-state index contributed by atoms with van der Waals surface area (Å²) >= 11 is 0. The Bertz CT molecular complexity index is 697. The zero-order valence-corrected chi connectivity index (χ0v) is 13.7. The summed E-state index contributed by atoms with van der Waals surface area (Å²) in [6.07, 6.45) is 3.21. The number of pyridine rings is 1. The topological polar surface area (TPSA) is 73.5 Å². The smallest absolute Gasteiger partial charge is 0.254 e. The Balaban J connectivity index is 1.81. The number of aryl methyl sites for hydroxylation is 1. The molecule has 6 heteroatoms. The van der Waals surface area contributed by atoms with Crippen molar-refractivity contribution in [1.29, 1.82) is 0 Å². The van der Waals surface area contributed by atoms with Crippen molar-refractivity contribution in [3.63, 3.8) is 0 Å². The number of carbonyl (C=O) groups is 2. The van der Waals surface area contributed by atoms with Crippen molar-refractivity contribution in [3.8, 4) is 0 Å². The maximum atomic E-state index is 12.7. The molecular formula is C17H23N3O3. The van der Waals surface area contributed by atoms with Crippen LogP contribution in [0.2, 0.25) is 0 Å². The lowest BCUT2D eigenvalue weighted by Gasteiger charge is -2.37. The van der Waals surface area contributed by atoms with Crippen LogP contribution in [-0.2, 0) is 11.2 Å². The van der Waals surface area contributed by atoms with Gasteiger partial charge in [-0.2, -0.15) is 0 Å². The molecule has 2 aliphatic heterocycles. The fraction of sp³-hybridized carbons (Fsp3) is 0.588. The normalized spacial score (nSPS) is 24.5. The van der Waals surface area contributed by atoms with Crippen molar-refractivity contribution in [2.45, 2.75) is 32.6 Å². The molecule has 0 aromatic carbocycles. The van der Waals surface area contributed by atoms with Gasteiger partial charge in [0.25, 0.3) is 5.91 Å². The summed E-state index contributed by atoms with van der Waals surface area (Å²) in [4.78, 5) is 43.2. The Morgan fingerprint density at radius 1 is 1.26 bits per heavy atom. The number of amides is 2. The average Bonchev–Trinajstić information content (AvgIpc) is 2.96. The van der Waals surface area contributed by atoms with Crippen molar-refractivity contribution >= 4 is 11.8 Å². The van der Waals surface area contributed by atoms with Crippen LogP contribution in [-0.4, -0.2) is 53.3 Å². The number of likely N-dealkylation sites (tertiary alicyclic amines) is 2. The molecule has 3 rings (SSSR count). The Hall–Kier alpha value is -2.11. The number of hydrogen-bond acceptors (Lipinski definition) is 3. The van der Waals surface area contributed by atoms with Gasteiger partial charge in [-0.15, -0.1) is 0 Å². The predicted molar refractivity (Wildman–Crippen MR) is 86.3 cm³/mol. The standard InChI is InChI=1S/C17H23N3O3/c1-3-13-9-12(10-14(21)18-13)15(22)20-8-6-17(11-20)5-4-7-19(2)16(17)23/h9-10H,3-8,11H2,1-2H3,(H,18,21)/t17-/m0/s1. The molecule has 23 heavy (non-hydrogen) atoms. The lowest BCUT2D eigenvalue weighted by molar-refractivity contribution is -0.143. The summed E-state index contributed by atoms with van der Waals surface area (Å²) in [5, 5.41) is 0. The summed E-state index contributed by atoms with van der Waals surface area (Å²) < 4.78 is 0. The minimum atomic E-state index is -0.419. The molecule has 0 radical (unpaired) electrons. The van der Waals surface area contributed by atoms with Crippen molar-refractivity contribution in [1.82, 2.24) is 14.8 Å². The molecule has 1 N–H and O–H groups in total. The Kier molecular flexibility index (Phi) is 4.00. The van der Waals surface area contributed by atoms with E-state index in [2.05, 4.69) is 4.98 Å². The van der Waals surface area contributed by atoms with Gasteiger partial charge in [0.2, 0.25) is 11.5 Å². The molecule has 0 bridgehead atoms. The van der Waals surface area contributed by atoms with Gasteiger partial charge in [-0.05, 0) is 31.7 Å². The molecule has 0 unspecified atom stereocenters. The van der Waals surface area contributed by atoms with Crippen molar-refractivity contribution in [3.05, 3.63) is 33.7 Å². The summed E-state index contributed by atoms with van der Waals surface area (Å²) in [5.74, 6) is 0.00269. The van der Waals surface area contributed by atoms with E-state index in [4.69, 9.17) is 0 Å². The molecule has 1 atom stereocenters. The van der Waals surface area contributed by atoms with Crippen LogP contribution in [0, 0.1) is 5.41 Å². The van der Waals surface area contributed by atoms with Gasteiger partial charge < -0.3 is 14.8 Å². The lowest BCUT2D eigenvalue weighted by Crippen LogP contribution is -2.48. The van der Waals surface area contributed by atoms with E-state index in [-0.39, 0.29) is 17.4 Å². The number of aromatic nitrogens is 1. The van der Waals surface area contributed by atoms with Crippen LogP contribution in [0.15, 0.2) is 16.9 Å². The summed E-state index contributed by atoms with van der Waals surface area (Å²) in [6.45, 7) is 3.76. The number of carbonyl (C=O) groups excluding carboxylic acids is 2. The van der Waals surface area contributed by atoms with E-state index in [0.717, 1.165) is 25.1 Å². The summed E-state index contributed by atoms with van der Waals surface area (Å²) in [6, 6.07) is 3.09. The van der Waals surface area contributed by atoms with E-state index < -0.39 is 5.41 Å². The van der Waals surface area contributed by atoms with Gasteiger partial charge in [0.05, 0.1) is 5.41 Å². The van der Waals surface area contributed by atoms with Crippen molar-refractivity contribution in [2.24, 2.45) is 5.41 Å². The van der Waals surface area contributed by atoms with Gasteiger partial charge in [0.15, 0.2) is 0 Å². The largest absolute Gasteiger partial charge is 0.345 e. The molecule has 0 aliphatic carbocycles. The van der Waals surface area contributed by atoms with E-state index in [9.17, 15) is 14.4 Å². The first-order chi connectivity index (χ1) is 10.9. The van der Waals surface area contributed by atoms with E-state index in [1.165, 1.54) is 6.07 Å². The second-order valence-electron chi connectivity index (χ2n) is 6.70. The molecular weight excluding hydrogens is 294 g/mol. The molecule has 2 fully saturated rings. The van der Waals surface area contributed by atoms with Gasteiger partial charge in [-0.3, -0.25) is 14.4 Å². The first-order valence-electron chi connectivity index (χ1n) is 8.23. The molecule has 1 aromatic rings. The molecule has 6 nitrogen and oxygen atoms in total. The van der Waals surface area contributed by atoms with Crippen LogP contribution in [0.5, 0.6) is 0 Å². The van der Waals surface area contributed by atoms with E-state index in [1.54, 1.807) is 15.9 Å². The molecule has 1 aromatic heterocycles. The van der Waals surface area contributed by atoms with Gasteiger partial charge in [0.1, 0.15) is 0 Å². The Morgan fingerprint density at radius 2 is 2.04 bits per heavy atom. The number of nitrogens with one attached hydrogen (secondary N) is 1. The predicted octanol–water partition coefficient (Wildman–Crippen LogP) is 1.02. The molecule has 2 aliphatic rings. The molecule has 3 heterocycles. The van der Waals surface area contributed by atoms with E-state index in [0.29, 0.717) is 31.5 Å². The zero-order chi connectivity index (χ0) is 16.6. The van der Waals surface area contributed by atoms with Crippen LogP contribution >= 0.6 is 0 Å². The first kappa shape index (κ1) is 15.8. The maximum Gasteiger partial charge on any atom is 0.254 e. The highest BCUT2D eigenvalue weighted by molar-refractivity contribution is 5.95. The van der Waals surface area contributed by atoms with Crippen LogP contribution < -0.4 is 5.56 Å². The highest BCUT2D eigenvalue weighted by Crippen LogP contribution is 2.40. The van der Waals surface area contributed by atoms with E-state index in [1.807, 2.05) is 14.0 Å². The fourth-order valence-electron chi connectivity index (χ4n) is 3.79. The number of nitrogens with zero attached hydrogens (tertiary/aromatic N) is 2. The molecule has 124 valence electrons. The molecule has 1 spiro atoms. The number of aromatic amines is 1. The molecule has 0 saturated carbocycles. The summed E-state index contributed by atoms with van der Waals surface area (Å²) in [5.41, 5.74) is 0.495. The second kappa shape index (κ2) is 5.83. The molecule has 2 amide bonds. The average molecular weight is 317 g/mol. The molecule has 2 saturated heterocycles. The number of piperidine rings is 1. The SMILES string of the molecule is CCc1cc(C(=O)N2CC[C@@]3(CCCN(C)C3=O)C2)cc(=O)[nH]1. The van der Waals surface area contributed by atoms with Crippen molar-refractivity contribution in [2.75, 3.05) is 26.7 Å². The maximum absolute atomic E-state index is 12.7. The highest BCUT2D eigenvalue weighted by Gasteiger charge is 2.48. The van der Waals surface area contributed by atoms with Gasteiger partial charge in [-0.25, -0.2) is 0 Å². The highest BCUT2D eigenvalue weighted by atomic mass is 16.2. The second-order valence-corrected chi connectivity index (χ2v) is 6.70. The Morgan fingerprint density at radius 3 is 2.78 bits per heavy atom. The number of H-pyrrole nitrogens is 1. The fourth-order valence-corrected chi connectivity index (χ4v) is 3.79. The van der Waals surface area contributed by atoms with Crippen molar-refractivity contribution < 1.29 is 9.59 Å². The zero-order valence-electron chi connectivity index (χ0n) is 13.7. The summed E-state index contributed by atoms with van der Waals surface area (Å²) in [7, 11) is 1.83. The van der Waals surface area contributed by atoms with E-state index >= 15 is 0 Å². The third kappa shape index (κ3) is 2.78. The minimum Gasteiger partial charge on any atom is -0.345 e.